The van der Waals surface area contributed by atoms with Gasteiger partial charge in [-0.25, -0.2) is 4.99 Å². The highest BCUT2D eigenvalue weighted by Crippen LogP contribution is 2.30. The molecule has 148 valence electrons. The summed E-state index contributed by atoms with van der Waals surface area (Å²) in [7, 11) is 3.35. The Morgan fingerprint density at radius 1 is 1.11 bits per heavy atom. The summed E-state index contributed by atoms with van der Waals surface area (Å²) in [5.74, 6) is 2.24. The molecular formula is C21H32N4O2. The Hall–Kier alpha value is -2.24. The topological polar surface area (TPSA) is 50.2 Å². The normalized spacial score (nSPS) is 20.0. The Kier molecular flexibility index (Phi) is 6.24. The zero-order valence-electron chi connectivity index (χ0n) is 17.2. The molecule has 0 aromatic carbocycles. The highest BCUT2D eigenvalue weighted by atomic mass is 16.5. The van der Waals surface area contributed by atoms with E-state index >= 15 is 0 Å². The minimum Gasteiger partial charge on any atom is -0.480 e. The van der Waals surface area contributed by atoms with Crippen LogP contribution in [0.3, 0.4) is 0 Å². The number of aliphatic imine (C=N–C) groups is 1. The fourth-order valence-corrected chi connectivity index (χ4v) is 4.04. The molecule has 27 heavy (non-hydrogen) atoms. The third-order valence-corrected chi connectivity index (χ3v) is 5.65. The highest BCUT2D eigenvalue weighted by molar-refractivity contribution is 6.07. The van der Waals surface area contributed by atoms with Gasteiger partial charge in [-0.2, -0.15) is 4.98 Å². The number of nitrogens with zero attached hydrogens (tertiary/aromatic N) is 4. The molecule has 0 spiro atoms. The first-order chi connectivity index (χ1) is 13.1. The van der Waals surface area contributed by atoms with Gasteiger partial charge in [0.15, 0.2) is 0 Å². The van der Waals surface area contributed by atoms with Crippen LogP contribution in [0, 0.1) is 0 Å². The summed E-state index contributed by atoms with van der Waals surface area (Å²) in [6.45, 7) is 8.75. The van der Waals surface area contributed by atoms with Gasteiger partial charge in [0, 0.05) is 19.1 Å². The van der Waals surface area contributed by atoms with Crippen molar-refractivity contribution in [3.05, 3.63) is 29.8 Å². The second-order valence-electron chi connectivity index (χ2n) is 7.18. The average molecular weight is 373 g/mol. The average Bonchev–Trinajstić information content (AvgIpc) is 3.24. The molecule has 0 saturated carbocycles. The molecule has 6 nitrogen and oxygen atoms in total. The van der Waals surface area contributed by atoms with E-state index in [1.54, 1.807) is 14.2 Å². The molecule has 1 saturated heterocycles. The van der Waals surface area contributed by atoms with Crippen molar-refractivity contribution in [2.24, 2.45) is 4.99 Å². The van der Waals surface area contributed by atoms with Gasteiger partial charge in [-0.3, -0.25) is 0 Å². The van der Waals surface area contributed by atoms with Crippen molar-refractivity contribution < 1.29 is 9.47 Å². The van der Waals surface area contributed by atoms with E-state index in [0.29, 0.717) is 17.8 Å². The van der Waals surface area contributed by atoms with Crippen molar-refractivity contribution in [3.8, 4) is 5.88 Å². The lowest BCUT2D eigenvalue weighted by molar-refractivity contribution is 0.206. The van der Waals surface area contributed by atoms with Crippen molar-refractivity contribution in [2.75, 3.05) is 32.2 Å². The minimum absolute atomic E-state index is 0.127. The lowest BCUT2D eigenvalue weighted by Crippen LogP contribution is -2.44. The maximum Gasteiger partial charge on any atom is 0.229 e. The van der Waals surface area contributed by atoms with Crippen molar-refractivity contribution >= 4 is 11.5 Å². The summed E-state index contributed by atoms with van der Waals surface area (Å²) in [6, 6.07) is 4.75. The zero-order valence-corrected chi connectivity index (χ0v) is 17.2. The van der Waals surface area contributed by atoms with Crippen LogP contribution in [0.25, 0.3) is 0 Å². The maximum absolute atomic E-state index is 5.67. The van der Waals surface area contributed by atoms with Crippen LogP contribution in [0.4, 0.5) is 5.82 Å². The van der Waals surface area contributed by atoms with Gasteiger partial charge < -0.3 is 19.3 Å². The molecule has 1 aromatic rings. The van der Waals surface area contributed by atoms with Crippen molar-refractivity contribution in [1.82, 2.24) is 9.88 Å². The first kappa shape index (κ1) is 19.5. The summed E-state index contributed by atoms with van der Waals surface area (Å²) >= 11 is 0. The van der Waals surface area contributed by atoms with E-state index in [4.69, 9.17) is 19.5 Å². The minimum atomic E-state index is 0.127. The first-order valence-corrected chi connectivity index (χ1v) is 10.0. The van der Waals surface area contributed by atoms with Crippen LogP contribution < -0.4 is 9.64 Å². The lowest BCUT2D eigenvalue weighted by Gasteiger charge is -2.38. The zero-order chi connectivity index (χ0) is 19.4. The molecular weight excluding hydrogens is 340 g/mol. The third kappa shape index (κ3) is 3.89. The van der Waals surface area contributed by atoms with Gasteiger partial charge in [0.25, 0.3) is 0 Å². The second kappa shape index (κ2) is 8.63. The number of aromatic nitrogens is 1. The van der Waals surface area contributed by atoms with Crippen LogP contribution in [0.5, 0.6) is 5.88 Å². The summed E-state index contributed by atoms with van der Waals surface area (Å²) in [4.78, 5) is 14.2. The molecule has 0 bridgehead atoms. The van der Waals surface area contributed by atoms with E-state index in [1.165, 1.54) is 12.8 Å². The van der Waals surface area contributed by atoms with Gasteiger partial charge in [0.1, 0.15) is 5.82 Å². The van der Waals surface area contributed by atoms with Gasteiger partial charge in [-0.1, -0.05) is 13.8 Å². The van der Waals surface area contributed by atoms with Crippen LogP contribution in [0.1, 0.15) is 52.0 Å². The molecule has 1 unspecified atom stereocenters. The Balaban J connectivity index is 1.98. The molecule has 0 aliphatic carbocycles. The second-order valence-corrected chi connectivity index (χ2v) is 7.18. The number of ether oxygens (including phenoxy) is 2. The summed E-state index contributed by atoms with van der Waals surface area (Å²) in [5.41, 5.74) is 1.88. The van der Waals surface area contributed by atoms with Gasteiger partial charge >= 0.3 is 0 Å². The fourth-order valence-electron chi connectivity index (χ4n) is 4.04. The van der Waals surface area contributed by atoms with E-state index in [9.17, 15) is 0 Å². The van der Waals surface area contributed by atoms with Crippen molar-refractivity contribution in [3.63, 3.8) is 0 Å². The summed E-state index contributed by atoms with van der Waals surface area (Å²) in [6.07, 6.45) is 6.63. The van der Waals surface area contributed by atoms with E-state index in [2.05, 4.69) is 42.7 Å². The lowest BCUT2D eigenvalue weighted by atomic mass is 9.99. The Labute approximate surface area is 162 Å². The standard InChI is InChI=1S/C21H32N4O2/c1-6-16(7-2)25-14-19(26-4)23-20(15(25)3)17-10-11-18(22-21(17)27-5)24-12-8-9-13-24/h10-11,14-16H,6-9,12-13H2,1-5H3. The van der Waals surface area contributed by atoms with Gasteiger partial charge in [-0.05, 0) is 44.7 Å². The SMILES string of the molecule is CCC(CC)N1C=C(OC)N=C(c2ccc(N3CCCC3)nc2OC)C1C. The number of hydrogen-bond donors (Lipinski definition) is 0. The van der Waals surface area contributed by atoms with E-state index < -0.39 is 0 Å². The van der Waals surface area contributed by atoms with Crippen LogP contribution >= 0.6 is 0 Å². The maximum atomic E-state index is 5.67. The van der Waals surface area contributed by atoms with Crippen molar-refractivity contribution in [1.29, 1.82) is 0 Å². The summed E-state index contributed by atoms with van der Waals surface area (Å²) in [5, 5.41) is 0. The van der Waals surface area contributed by atoms with Crippen LogP contribution in [-0.4, -0.2) is 55.0 Å². The predicted molar refractivity (Wildman–Crippen MR) is 110 cm³/mol. The summed E-state index contributed by atoms with van der Waals surface area (Å²) < 4.78 is 11.2. The number of methoxy groups -OCH3 is 2. The monoisotopic (exact) mass is 372 g/mol. The largest absolute Gasteiger partial charge is 0.480 e. The third-order valence-electron chi connectivity index (χ3n) is 5.65. The van der Waals surface area contributed by atoms with Crippen molar-refractivity contribution in [2.45, 2.75) is 58.5 Å². The fraction of sp³-hybridized carbons (Fsp3) is 0.619. The molecule has 1 fully saturated rings. The quantitative estimate of drug-likeness (QED) is 0.728. The predicted octanol–water partition coefficient (Wildman–Crippen LogP) is 3.82. The molecule has 1 aromatic heterocycles. The Morgan fingerprint density at radius 2 is 1.81 bits per heavy atom. The molecule has 1 atom stereocenters. The molecule has 6 heteroatoms. The molecule has 3 rings (SSSR count). The Bertz CT molecular complexity index is 706. The van der Waals surface area contributed by atoms with Crippen LogP contribution in [-0.2, 0) is 4.74 Å². The van der Waals surface area contributed by atoms with Gasteiger partial charge in [0.2, 0.25) is 11.8 Å². The Morgan fingerprint density at radius 3 is 2.41 bits per heavy atom. The molecule has 2 aliphatic heterocycles. The molecule has 0 radical (unpaired) electrons. The first-order valence-electron chi connectivity index (χ1n) is 10.0. The van der Waals surface area contributed by atoms with E-state index in [1.807, 2.05) is 6.20 Å². The molecule has 2 aliphatic rings. The van der Waals surface area contributed by atoms with Crippen LogP contribution in [0.15, 0.2) is 29.2 Å². The number of hydrogen-bond acceptors (Lipinski definition) is 6. The molecule has 0 N–H and O–H groups in total. The smallest absolute Gasteiger partial charge is 0.229 e. The van der Waals surface area contributed by atoms with E-state index in [0.717, 1.165) is 43.0 Å². The van der Waals surface area contributed by atoms with Crippen LogP contribution in [0.2, 0.25) is 0 Å². The molecule has 3 heterocycles. The van der Waals surface area contributed by atoms with E-state index in [-0.39, 0.29) is 6.04 Å². The van der Waals surface area contributed by atoms with Gasteiger partial charge in [-0.15, -0.1) is 0 Å². The highest BCUT2D eigenvalue weighted by Gasteiger charge is 2.30. The number of pyridine rings is 1. The number of anilines is 1. The number of rotatable bonds is 7. The molecule has 0 amide bonds. The van der Waals surface area contributed by atoms with Gasteiger partial charge in [0.05, 0.1) is 37.7 Å².